The lowest BCUT2D eigenvalue weighted by molar-refractivity contribution is -0.157. The molecule has 1 atom stereocenters. The molecule has 0 saturated carbocycles. The first-order valence-electron chi connectivity index (χ1n) is 5.75. The van der Waals surface area contributed by atoms with Gasteiger partial charge in [-0.2, -0.15) is 0 Å². The standard InChI is InChI=1S/C13H17FO4/c1-4-17-12(13(15)18-5-2)10-7-6-9(16-3)8-11(10)14/h6-8,12H,4-5H2,1-3H3/t12-/m1/s1. The van der Waals surface area contributed by atoms with Crippen LogP contribution in [0.1, 0.15) is 25.5 Å². The molecule has 0 aliphatic heterocycles. The van der Waals surface area contributed by atoms with Gasteiger partial charge in [0, 0.05) is 18.2 Å². The Morgan fingerprint density at radius 3 is 2.56 bits per heavy atom. The van der Waals surface area contributed by atoms with Crippen molar-refractivity contribution in [1.82, 2.24) is 0 Å². The highest BCUT2D eigenvalue weighted by molar-refractivity contribution is 5.76. The number of rotatable bonds is 6. The molecule has 0 aliphatic carbocycles. The van der Waals surface area contributed by atoms with Gasteiger partial charge in [0.15, 0.2) is 6.10 Å². The molecule has 1 rings (SSSR count). The quantitative estimate of drug-likeness (QED) is 0.733. The Hall–Kier alpha value is -1.62. The Balaban J connectivity index is 3.01. The fourth-order valence-corrected chi connectivity index (χ4v) is 1.52. The van der Waals surface area contributed by atoms with Crippen LogP contribution in [0.5, 0.6) is 5.75 Å². The van der Waals surface area contributed by atoms with Gasteiger partial charge in [0.1, 0.15) is 11.6 Å². The van der Waals surface area contributed by atoms with Crippen molar-refractivity contribution in [2.75, 3.05) is 20.3 Å². The number of hydrogen-bond acceptors (Lipinski definition) is 4. The van der Waals surface area contributed by atoms with Crippen LogP contribution in [0.4, 0.5) is 4.39 Å². The molecule has 0 unspecified atom stereocenters. The van der Waals surface area contributed by atoms with Crippen LogP contribution in [0.25, 0.3) is 0 Å². The summed E-state index contributed by atoms with van der Waals surface area (Å²) in [4.78, 5) is 11.7. The lowest BCUT2D eigenvalue weighted by Gasteiger charge is -2.16. The summed E-state index contributed by atoms with van der Waals surface area (Å²) in [6.07, 6.45) is -1.04. The van der Waals surface area contributed by atoms with E-state index in [9.17, 15) is 9.18 Å². The largest absolute Gasteiger partial charge is 0.497 e. The third-order valence-electron chi connectivity index (χ3n) is 2.32. The maximum absolute atomic E-state index is 13.8. The van der Waals surface area contributed by atoms with Gasteiger partial charge in [-0.3, -0.25) is 0 Å². The smallest absolute Gasteiger partial charge is 0.340 e. The summed E-state index contributed by atoms with van der Waals surface area (Å²) in [5, 5.41) is 0. The van der Waals surface area contributed by atoms with Gasteiger partial charge in [-0.1, -0.05) is 0 Å². The summed E-state index contributed by atoms with van der Waals surface area (Å²) >= 11 is 0. The summed E-state index contributed by atoms with van der Waals surface area (Å²) in [7, 11) is 1.44. The highest BCUT2D eigenvalue weighted by Crippen LogP contribution is 2.25. The first kappa shape index (κ1) is 14.4. The zero-order chi connectivity index (χ0) is 13.5. The molecule has 0 fully saturated rings. The third-order valence-corrected chi connectivity index (χ3v) is 2.32. The van der Waals surface area contributed by atoms with E-state index in [0.717, 1.165) is 0 Å². The molecular weight excluding hydrogens is 239 g/mol. The molecule has 100 valence electrons. The van der Waals surface area contributed by atoms with E-state index in [1.165, 1.54) is 19.2 Å². The first-order valence-corrected chi connectivity index (χ1v) is 5.75. The molecule has 0 N–H and O–H groups in total. The summed E-state index contributed by atoms with van der Waals surface area (Å²) in [6.45, 7) is 3.92. The third kappa shape index (κ3) is 3.43. The van der Waals surface area contributed by atoms with Crippen molar-refractivity contribution in [2.45, 2.75) is 20.0 Å². The van der Waals surface area contributed by atoms with Crippen LogP contribution < -0.4 is 4.74 Å². The topological polar surface area (TPSA) is 44.8 Å². The van der Waals surface area contributed by atoms with Gasteiger partial charge in [-0.25, -0.2) is 9.18 Å². The fraction of sp³-hybridized carbons (Fsp3) is 0.462. The molecular formula is C13H17FO4. The minimum atomic E-state index is -1.04. The van der Waals surface area contributed by atoms with Crippen LogP contribution in [0.3, 0.4) is 0 Å². The minimum Gasteiger partial charge on any atom is -0.497 e. The molecule has 5 heteroatoms. The van der Waals surface area contributed by atoms with E-state index >= 15 is 0 Å². The van der Waals surface area contributed by atoms with Crippen molar-refractivity contribution < 1.29 is 23.4 Å². The van der Waals surface area contributed by atoms with Crippen LogP contribution in [-0.2, 0) is 14.3 Å². The molecule has 0 amide bonds. The molecule has 0 saturated heterocycles. The second kappa shape index (κ2) is 6.96. The maximum Gasteiger partial charge on any atom is 0.340 e. The molecule has 18 heavy (non-hydrogen) atoms. The van der Waals surface area contributed by atoms with Crippen LogP contribution >= 0.6 is 0 Å². The molecule has 1 aromatic rings. The van der Waals surface area contributed by atoms with Crippen LogP contribution in [0, 0.1) is 5.82 Å². The van der Waals surface area contributed by atoms with Gasteiger partial charge >= 0.3 is 5.97 Å². The van der Waals surface area contributed by atoms with Gasteiger partial charge in [0.2, 0.25) is 0 Å². The Bertz CT molecular complexity index is 406. The first-order chi connectivity index (χ1) is 8.63. The summed E-state index contributed by atoms with van der Waals surface area (Å²) in [5.41, 5.74) is 0.149. The second-order valence-electron chi connectivity index (χ2n) is 3.47. The Labute approximate surface area is 106 Å². The monoisotopic (exact) mass is 256 g/mol. The second-order valence-corrected chi connectivity index (χ2v) is 3.47. The number of carbonyl (C=O) groups is 1. The van der Waals surface area contributed by atoms with Crippen molar-refractivity contribution in [2.24, 2.45) is 0 Å². The van der Waals surface area contributed by atoms with Crippen molar-refractivity contribution in [1.29, 1.82) is 0 Å². The number of carbonyl (C=O) groups excluding carboxylic acids is 1. The zero-order valence-electron chi connectivity index (χ0n) is 10.7. The predicted molar refractivity (Wildman–Crippen MR) is 64.0 cm³/mol. The van der Waals surface area contributed by atoms with Gasteiger partial charge in [-0.15, -0.1) is 0 Å². The number of halogens is 1. The van der Waals surface area contributed by atoms with E-state index in [0.29, 0.717) is 5.75 Å². The summed E-state index contributed by atoms with van der Waals surface area (Å²) in [6, 6.07) is 4.25. The fourth-order valence-electron chi connectivity index (χ4n) is 1.52. The van der Waals surface area contributed by atoms with E-state index in [1.807, 2.05) is 0 Å². The van der Waals surface area contributed by atoms with E-state index in [-0.39, 0.29) is 18.8 Å². The molecule has 0 bridgehead atoms. The molecule has 0 heterocycles. The Morgan fingerprint density at radius 1 is 1.33 bits per heavy atom. The highest BCUT2D eigenvalue weighted by Gasteiger charge is 2.25. The van der Waals surface area contributed by atoms with Gasteiger partial charge in [0.05, 0.1) is 13.7 Å². The zero-order valence-corrected chi connectivity index (χ0v) is 10.7. The van der Waals surface area contributed by atoms with Crippen molar-refractivity contribution >= 4 is 5.97 Å². The van der Waals surface area contributed by atoms with Crippen LogP contribution in [0.2, 0.25) is 0 Å². The van der Waals surface area contributed by atoms with Crippen molar-refractivity contribution in [3.8, 4) is 5.75 Å². The average molecular weight is 256 g/mol. The number of methoxy groups -OCH3 is 1. The molecule has 0 spiro atoms. The predicted octanol–water partition coefficient (Wildman–Crippen LogP) is 2.48. The van der Waals surface area contributed by atoms with Gasteiger partial charge in [-0.05, 0) is 26.0 Å². The number of benzene rings is 1. The molecule has 4 nitrogen and oxygen atoms in total. The van der Waals surface area contributed by atoms with E-state index in [1.54, 1.807) is 19.9 Å². The normalized spacial score (nSPS) is 12.0. The van der Waals surface area contributed by atoms with E-state index in [2.05, 4.69) is 0 Å². The SMILES string of the molecule is CCOC(=O)[C@H](OCC)c1ccc(OC)cc1F. The van der Waals surface area contributed by atoms with Crippen LogP contribution in [-0.4, -0.2) is 26.3 Å². The van der Waals surface area contributed by atoms with Crippen molar-refractivity contribution in [3.63, 3.8) is 0 Å². The van der Waals surface area contributed by atoms with Crippen molar-refractivity contribution in [3.05, 3.63) is 29.6 Å². The van der Waals surface area contributed by atoms with E-state index in [4.69, 9.17) is 14.2 Å². The minimum absolute atomic E-state index is 0.149. The summed E-state index contributed by atoms with van der Waals surface area (Å²) in [5.74, 6) is -0.764. The molecule has 0 aromatic heterocycles. The van der Waals surface area contributed by atoms with E-state index < -0.39 is 17.9 Å². The molecule has 0 radical (unpaired) electrons. The van der Waals surface area contributed by atoms with Gasteiger partial charge in [0.25, 0.3) is 0 Å². The van der Waals surface area contributed by atoms with Gasteiger partial charge < -0.3 is 14.2 Å². The lowest BCUT2D eigenvalue weighted by Crippen LogP contribution is -2.20. The highest BCUT2D eigenvalue weighted by atomic mass is 19.1. The number of esters is 1. The van der Waals surface area contributed by atoms with Crippen LogP contribution in [0.15, 0.2) is 18.2 Å². The number of hydrogen-bond donors (Lipinski definition) is 0. The Morgan fingerprint density at radius 2 is 2.06 bits per heavy atom. The average Bonchev–Trinajstić information content (AvgIpc) is 2.36. The number of ether oxygens (including phenoxy) is 3. The maximum atomic E-state index is 13.8. The summed E-state index contributed by atoms with van der Waals surface area (Å²) < 4.78 is 28.8. The molecule has 1 aromatic carbocycles. The molecule has 0 aliphatic rings. The Kier molecular flexibility index (Phi) is 5.58. The lowest BCUT2D eigenvalue weighted by atomic mass is 10.1.